The maximum atomic E-state index is 12.6. The zero-order valence-electron chi connectivity index (χ0n) is 17.3. The molecular formula is C25H21Cl2NO4. The van der Waals surface area contributed by atoms with Crippen LogP contribution < -0.4 is 5.32 Å². The third-order valence-electron chi connectivity index (χ3n) is 5.56. The molecule has 0 radical (unpaired) electrons. The van der Waals surface area contributed by atoms with E-state index in [1.165, 1.54) is 7.11 Å². The van der Waals surface area contributed by atoms with E-state index in [-0.39, 0.29) is 18.9 Å². The highest BCUT2D eigenvalue weighted by Crippen LogP contribution is 2.44. The number of carbonyl (C=O) groups excluding carboxylic acids is 2. The number of esters is 1. The van der Waals surface area contributed by atoms with Gasteiger partial charge < -0.3 is 14.8 Å². The second-order valence-corrected chi connectivity index (χ2v) is 8.33. The van der Waals surface area contributed by atoms with Crippen LogP contribution in [0.3, 0.4) is 0 Å². The highest BCUT2D eigenvalue weighted by Gasteiger charge is 2.30. The number of carbonyl (C=O) groups is 2. The summed E-state index contributed by atoms with van der Waals surface area (Å²) in [7, 11) is 1.26. The summed E-state index contributed by atoms with van der Waals surface area (Å²) < 4.78 is 10.4. The van der Waals surface area contributed by atoms with Crippen LogP contribution in [0.15, 0.2) is 66.7 Å². The lowest BCUT2D eigenvalue weighted by molar-refractivity contribution is -0.142. The lowest BCUT2D eigenvalue weighted by Crippen LogP contribution is -2.43. The number of hydrogen-bond acceptors (Lipinski definition) is 4. The van der Waals surface area contributed by atoms with Crippen molar-refractivity contribution in [2.45, 2.75) is 18.4 Å². The van der Waals surface area contributed by atoms with Crippen LogP contribution in [0.25, 0.3) is 11.1 Å². The monoisotopic (exact) mass is 469 g/mol. The molecule has 32 heavy (non-hydrogen) atoms. The number of halogens is 2. The van der Waals surface area contributed by atoms with Gasteiger partial charge in [0, 0.05) is 22.4 Å². The fourth-order valence-corrected chi connectivity index (χ4v) is 4.51. The van der Waals surface area contributed by atoms with Gasteiger partial charge in [0.1, 0.15) is 12.6 Å². The van der Waals surface area contributed by atoms with Crippen LogP contribution in [-0.2, 0) is 20.7 Å². The second kappa shape index (κ2) is 9.63. The van der Waals surface area contributed by atoms with Gasteiger partial charge >= 0.3 is 12.1 Å². The van der Waals surface area contributed by atoms with Crippen LogP contribution >= 0.6 is 23.2 Å². The molecule has 1 N–H and O–H groups in total. The number of benzene rings is 3. The molecule has 0 aliphatic heterocycles. The standard InChI is InChI=1S/C25H21Cl2NO4/c1-31-24(29)23(12-15-10-11-16(26)13-22(15)27)28-25(30)32-14-21-19-8-4-2-6-17(19)18-7-3-5-9-20(18)21/h2-11,13,21,23H,12,14H2,1H3,(H,28,30)/t23-/m1/s1. The van der Waals surface area contributed by atoms with Crippen LogP contribution in [0.1, 0.15) is 22.6 Å². The lowest BCUT2D eigenvalue weighted by atomic mass is 9.98. The number of ether oxygens (including phenoxy) is 2. The average molecular weight is 470 g/mol. The molecule has 4 rings (SSSR count). The molecule has 3 aromatic carbocycles. The maximum Gasteiger partial charge on any atom is 0.407 e. The number of rotatable bonds is 6. The van der Waals surface area contributed by atoms with Crippen molar-refractivity contribution < 1.29 is 19.1 Å². The van der Waals surface area contributed by atoms with E-state index in [0.717, 1.165) is 22.3 Å². The number of methoxy groups -OCH3 is 1. The molecule has 0 bridgehead atoms. The summed E-state index contributed by atoms with van der Waals surface area (Å²) in [5.74, 6) is -0.667. The summed E-state index contributed by atoms with van der Waals surface area (Å²) in [5, 5.41) is 3.49. The van der Waals surface area contributed by atoms with Crippen LogP contribution in [0.4, 0.5) is 4.79 Å². The molecule has 3 aromatic rings. The van der Waals surface area contributed by atoms with E-state index in [0.29, 0.717) is 15.6 Å². The minimum atomic E-state index is -0.950. The third kappa shape index (κ3) is 4.59. The van der Waals surface area contributed by atoms with Crippen molar-refractivity contribution in [1.29, 1.82) is 0 Å². The van der Waals surface area contributed by atoms with Crippen molar-refractivity contribution in [1.82, 2.24) is 5.32 Å². The van der Waals surface area contributed by atoms with E-state index in [9.17, 15) is 9.59 Å². The molecule has 1 aliphatic rings. The van der Waals surface area contributed by atoms with E-state index in [1.807, 2.05) is 36.4 Å². The van der Waals surface area contributed by atoms with Gasteiger partial charge in [0.15, 0.2) is 0 Å². The van der Waals surface area contributed by atoms with Crippen molar-refractivity contribution in [3.8, 4) is 11.1 Å². The Labute approximate surface area is 196 Å². The Bertz CT molecular complexity index is 1120. The summed E-state index contributed by atoms with van der Waals surface area (Å²) in [6.07, 6.45) is -0.556. The summed E-state index contributed by atoms with van der Waals surface area (Å²) in [4.78, 5) is 24.8. The van der Waals surface area contributed by atoms with Gasteiger partial charge in [-0.05, 0) is 39.9 Å². The molecule has 5 nitrogen and oxygen atoms in total. The van der Waals surface area contributed by atoms with Crippen molar-refractivity contribution in [3.63, 3.8) is 0 Å². The van der Waals surface area contributed by atoms with Gasteiger partial charge in [-0.25, -0.2) is 9.59 Å². The molecule has 0 heterocycles. The molecule has 0 saturated carbocycles. The van der Waals surface area contributed by atoms with E-state index in [4.69, 9.17) is 32.7 Å². The number of hydrogen-bond donors (Lipinski definition) is 1. The summed E-state index contributed by atoms with van der Waals surface area (Å²) >= 11 is 12.2. The summed E-state index contributed by atoms with van der Waals surface area (Å²) in [6, 6.07) is 20.2. The van der Waals surface area contributed by atoms with Crippen molar-refractivity contribution in [2.24, 2.45) is 0 Å². The normalized spacial score (nSPS) is 13.1. The molecule has 7 heteroatoms. The minimum Gasteiger partial charge on any atom is -0.467 e. The van der Waals surface area contributed by atoms with Crippen LogP contribution in [0.2, 0.25) is 10.0 Å². The molecule has 1 aliphatic carbocycles. The predicted octanol–water partition coefficient (Wildman–Crippen LogP) is 5.62. The Balaban J connectivity index is 1.45. The van der Waals surface area contributed by atoms with Crippen molar-refractivity contribution in [2.75, 3.05) is 13.7 Å². The van der Waals surface area contributed by atoms with Crippen LogP contribution in [0.5, 0.6) is 0 Å². The second-order valence-electron chi connectivity index (χ2n) is 7.49. The zero-order chi connectivity index (χ0) is 22.7. The highest BCUT2D eigenvalue weighted by atomic mass is 35.5. The summed E-state index contributed by atoms with van der Waals surface area (Å²) in [6.45, 7) is 0.148. The number of fused-ring (bicyclic) bond motifs is 3. The quantitative estimate of drug-likeness (QED) is 0.476. The van der Waals surface area contributed by atoms with Gasteiger partial charge in [-0.15, -0.1) is 0 Å². The van der Waals surface area contributed by atoms with Gasteiger partial charge in [0.25, 0.3) is 0 Å². The lowest BCUT2D eigenvalue weighted by Gasteiger charge is -2.19. The Morgan fingerprint density at radius 2 is 1.59 bits per heavy atom. The smallest absolute Gasteiger partial charge is 0.407 e. The average Bonchev–Trinajstić information content (AvgIpc) is 3.12. The Morgan fingerprint density at radius 3 is 2.19 bits per heavy atom. The molecular weight excluding hydrogens is 449 g/mol. The molecule has 0 aromatic heterocycles. The van der Waals surface area contributed by atoms with Crippen molar-refractivity contribution >= 4 is 35.3 Å². The Hall–Kier alpha value is -3.02. The maximum absolute atomic E-state index is 12.6. The van der Waals surface area contributed by atoms with E-state index < -0.39 is 18.1 Å². The Morgan fingerprint density at radius 1 is 0.969 bits per heavy atom. The largest absolute Gasteiger partial charge is 0.467 e. The topological polar surface area (TPSA) is 64.6 Å². The van der Waals surface area contributed by atoms with E-state index in [2.05, 4.69) is 17.4 Å². The number of amides is 1. The Kier molecular flexibility index (Phi) is 6.68. The first-order chi connectivity index (χ1) is 15.5. The highest BCUT2D eigenvalue weighted by molar-refractivity contribution is 6.35. The third-order valence-corrected chi connectivity index (χ3v) is 6.15. The molecule has 1 atom stereocenters. The predicted molar refractivity (Wildman–Crippen MR) is 124 cm³/mol. The van der Waals surface area contributed by atoms with Gasteiger partial charge in [-0.2, -0.15) is 0 Å². The number of alkyl carbamates (subject to hydrolysis) is 1. The SMILES string of the molecule is COC(=O)[C@@H](Cc1ccc(Cl)cc1Cl)NC(=O)OCC1c2ccccc2-c2ccccc21. The first-order valence-electron chi connectivity index (χ1n) is 10.1. The van der Waals surface area contributed by atoms with Gasteiger partial charge in [-0.3, -0.25) is 0 Å². The summed E-state index contributed by atoms with van der Waals surface area (Å²) in [5.41, 5.74) is 5.16. The fraction of sp³-hybridized carbons (Fsp3) is 0.200. The number of nitrogens with one attached hydrogen (secondary N) is 1. The van der Waals surface area contributed by atoms with Crippen molar-refractivity contribution in [3.05, 3.63) is 93.5 Å². The van der Waals surface area contributed by atoms with Gasteiger partial charge in [0.05, 0.1) is 7.11 Å². The molecule has 0 spiro atoms. The molecule has 0 fully saturated rings. The molecule has 164 valence electrons. The molecule has 1 amide bonds. The first-order valence-corrected chi connectivity index (χ1v) is 10.9. The first kappa shape index (κ1) is 22.2. The van der Waals surface area contributed by atoms with Crippen LogP contribution in [0, 0.1) is 0 Å². The molecule has 0 unspecified atom stereocenters. The fourth-order valence-electron chi connectivity index (χ4n) is 4.03. The van der Waals surface area contributed by atoms with E-state index in [1.54, 1.807) is 18.2 Å². The van der Waals surface area contributed by atoms with Gasteiger partial charge in [-0.1, -0.05) is 77.8 Å². The zero-order valence-corrected chi connectivity index (χ0v) is 18.8. The van der Waals surface area contributed by atoms with Crippen LogP contribution in [-0.4, -0.2) is 31.8 Å². The van der Waals surface area contributed by atoms with Gasteiger partial charge in [0.2, 0.25) is 0 Å². The van der Waals surface area contributed by atoms with E-state index >= 15 is 0 Å². The minimum absolute atomic E-state index is 0.0737. The molecule has 0 saturated heterocycles.